The highest BCUT2D eigenvalue weighted by atomic mass is 32.2. The molecule has 5 rings (SSSR count). The quantitative estimate of drug-likeness (QED) is 0.441. The molecule has 0 aliphatic carbocycles. The first-order valence-electron chi connectivity index (χ1n) is 13.3. The Bertz CT molecular complexity index is 1270. The van der Waals surface area contributed by atoms with E-state index in [2.05, 4.69) is 34.5 Å². The van der Waals surface area contributed by atoms with Crippen LogP contribution in [-0.2, 0) is 11.3 Å². The average molecular weight is 546 g/mol. The lowest BCUT2D eigenvalue weighted by Gasteiger charge is -2.34. The largest absolute Gasteiger partial charge is 0.493 e. The van der Waals surface area contributed by atoms with Crippen molar-refractivity contribution in [3.8, 4) is 11.5 Å². The van der Waals surface area contributed by atoms with Gasteiger partial charge in [-0.1, -0.05) is 60.7 Å². The van der Waals surface area contributed by atoms with Crippen LogP contribution in [0, 0.1) is 0 Å². The van der Waals surface area contributed by atoms with Crippen molar-refractivity contribution in [1.82, 2.24) is 15.1 Å². The third-order valence-electron chi connectivity index (χ3n) is 7.44. The van der Waals surface area contributed by atoms with E-state index in [1.54, 1.807) is 49.1 Å². The number of hydrogen-bond acceptors (Lipinski definition) is 6. The van der Waals surface area contributed by atoms with E-state index in [1.807, 2.05) is 36.4 Å². The van der Waals surface area contributed by atoms with Crippen molar-refractivity contribution in [3.63, 3.8) is 0 Å². The highest BCUT2D eigenvalue weighted by Crippen LogP contribution is 2.43. The molecule has 0 saturated carbocycles. The van der Waals surface area contributed by atoms with Gasteiger partial charge in [0.15, 0.2) is 11.5 Å². The monoisotopic (exact) mass is 545 g/mol. The van der Waals surface area contributed by atoms with E-state index in [9.17, 15) is 9.59 Å². The molecule has 0 bridgehead atoms. The van der Waals surface area contributed by atoms with Crippen LogP contribution < -0.4 is 14.8 Å². The molecule has 2 aliphatic heterocycles. The molecule has 3 aromatic rings. The van der Waals surface area contributed by atoms with Gasteiger partial charge < -0.3 is 19.7 Å². The molecule has 2 amide bonds. The topological polar surface area (TPSA) is 71.1 Å². The summed E-state index contributed by atoms with van der Waals surface area (Å²) in [4.78, 5) is 31.8. The van der Waals surface area contributed by atoms with Gasteiger partial charge in [-0.2, -0.15) is 0 Å². The van der Waals surface area contributed by atoms with E-state index < -0.39 is 6.04 Å². The molecular weight excluding hydrogens is 510 g/mol. The Morgan fingerprint density at radius 3 is 2.23 bits per heavy atom. The molecule has 2 saturated heterocycles. The maximum atomic E-state index is 14.0. The molecule has 2 heterocycles. The fourth-order valence-corrected chi connectivity index (χ4v) is 6.75. The molecule has 2 atom stereocenters. The fraction of sp³-hybridized carbons (Fsp3) is 0.355. The van der Waals surface area contributed by atoms with Crippen molar-refractivity contribution < 1.29 is 19.1 Å². The summed E-state index contributed by atoms with van der Waals surface area (Å²) in [6, 6.07) is 25.1. The number of benzene rings is 3. The highest BCUT2D eigenvalue weighted by molar-refractivity contribution is 7.99. The third-order valence-corrected chi connectivity index (χ3v) is 8.76. The van der Waals surface area contributed by atoms with Crippen LogP contribution in [0.4, 0.5) is 0 Å². The minimum absolute atomic E-state index is 0.0868. The van der Waals surface area contributed by atoms with Gasteiger partial charge in [-0.05, 0) is 42.2 Å². The zero-order valence-electron chi connectivity index (χ0n) is 22.4. The summed E-state index contributed by atoms with van der Waals surface area (Å²) in [5.41, 5.74) is 2.77. The normalized spacial score (nSPS) is 20.0. The van der Waals surface area contributed by atoms with Crippen molar-refractivity contribution in [2.75, 3.05) is 33.1 Å². The van der Waals surface area contributed by atoms with E-state index in [0.717, 1.165) is 38.0 Å². The maximum absolute atomic E-state index is 14.0. The van der Waals surface area contributed by atoms with Gasteiger partial charge in [0, 0.05) is 37.0 Å². The number of carbonyl (C=O) groups is 2. The number of ether oxygens (including phenoxy) is 2. The second-order valence-corrected chi connectivity index (χ2v) is 11.1. The molecular formula is C31H35N3O4S. The minimum atomic E-state index is -0.567. The van der Waals surface area contributed by atoms with Crippen LogP contribution in [0.15, 0.2) is 78.9 Å². The number of hydrogen-bond donors (Lipinski definition) is 1. The standard InChI is InChI=1S/C31H35N3O4S/c1-37-27-14-13-24(19-28(27)38-2)30(36)34-26(21-39-31(34)23-11-7-4-8-12-23)29(35)32-25-15-17-33(18-16-25)20-22-9-5-3-6-10-22/h3-14,19,25-26,31H,15-18,20-21H2,1-2H3,(H,32,35). The predicted molar refractivity (Wildman–Crippen MR) is 154 cm³/mol. The van der Waals surface area contributed by atoms with Gasteiger partial charge in [0.05, 0.1) is 14.2 Å². The van der Waals surface area contributed by atoms with Crippen LogP contribution in [0.25, 0.3) is 0 Å². The predicted octanol–water partition coefficient (Wildman–Crippen LogP) is 4.74. The molecule has 2 unspecified atom stereocenters. The van der Waals surface area contributed by atoms with E-state index in [0.29, 0.717) is 22.8 Å². The van der Waals surface area contributed by atoms with Gasteiger partial charge in [-0.15, -0.1) is 11.8 Å². The number of nitrogens with zero attached hydrogens (tertiary/aromatic N) is 2. The van der Waals surface area contributed by atoms with E-state index in [4.69, 9.17) is 9.47 Å². The molecule has 3 aromatic carbocycles. The Kier molecular flexibility index (Phi) is 8.74. The Balaban J connectivity index is 1.30. The number of amides is 2. The van der Waals surface area contributed by atoms with Crippen LogP contribution in [0.5, 0.6) is 11.5 Å². The first kappa shape index (κ1) is 27.1. The van der Waals surface area contributed by atoms with E-state index >= 15 is 0 Å². The summed E-state index contributed by atoms with van der Waals surface area (Å²) < 4.78 is 10.8. The molecule has 0 radical (unpaired) electrons. The Hall–Kier alpha value is -3.49. The number of carbonyl (C=O) groups excluding carboxylic acids is 2. The zero-order valence-corrected chi connectivity index (χ0v) is 23.2. The van der Waals surface area contributed by atoms with Gasteiger partial charge in [-0.3, -0.25) is 14.5 Å². The minimum Gasteiger partial charge on any atom is -0.493 e. The van der Waals surface area contributed by atoms with Crippen molar-refractivity contribution in [2.45, 2.75) is 36.8 Å². The van der Waals surface area contributed by atoms with Crippen molar-refractivity contribution in [2.24, 2.45) is 0 Å². The average Bonchev–Trinajstić information content (AvgIpc) is 3.44. The number of thioether (sulfide) groups is 1. The second kappa shape index (κ2) is 12.6. The number of rotatable bonds is 8. The molecule has 1 N–H and O–H groups in total. The van der Waals surface area contributed by atoms with Crippen molar-refractivity contribution in [1.29, 1.82) is 0 Å². The number of nitrogens with one attached hydrogen (secondary N) is 1. The van der Waals surface area contributed by atoms with Crippen LogP contribution in [0.1, 0.15) is 39.7 Å². The van der Waals surface area contributed by atoms with Gasteiger partial charge in [0.2, 0.25) is 5.91 Å². The van der Waals surface area contributed by atoms with Crippen LogP contribution >= 0.6 is 11.8 Å². The molecule has 0 aromatic heterocycles. The van der Waals surface area contributed by atoms with Gasteiger partial charge in [0.25, 0.3) is 5.91 Å². The number of likely N-dealkylation sites (tertiary alicyclic amines) is 1. The first-order chi connectivity index (χ1) is 19.1. The van der Waals surface area contributed by atoms with Crippen LogP contribution in [0.2, 0.25) is 0 Å². The molecule has 39 heavy (non-hydrogen) atoms. The first-order valence-corrected chi connectivity index (χ1v) is 14.4. The Labute approximate surface area is 234 Å². The van der Waals surface area contributed by atoms with Crippen molar-refractivity contribution in [3.05, 3.63) is 95.6 Å². The lowest BCUT2D eigenvalue weighted by Crippen LogP contribution is -2.52. The molecule has 204 valence electrons. The zero-order chi connectivity index (χ0) is 27.2. The third kappa shape index (κ3) is 6.23. The summed E-state index contributed by atoms with van der Waals surface area (Å²) in [5, 5.41) is 3.02. The number of piperidine rings is 1. The molecule has 7 nitrogen and oxygen atoms in total. The van der Waals surface area contributed by atoms with Gasteiger partial charge >= 0.3 is 0 Å². The van der Waals surface area contributed by atoms with E-state index in [-0.39, 0.29) is 23.2 Å². The lowest BCUT2D eigenvalue weighted by molar-refractivity contribution is -0.125. The van der Waals surface area contributed by atoms with Crippen molar-refractivity contribution >= 4 is 23.6 Å². The summed E-state index contributed by atoms with van der Waals surface area (Å²) >= 11 is 1.62. The van der Waals surface area contributed by atoms with E-state index in [1.165, 1.54) is 5.56 Å². The van der Waals surface area contributed by atoms with Gasteiger partial charge in [-0.25, -0.2) is 0 Å². The molecule has 0 spiro atoms. The highest BCUT2D eigenvalue weighted by Gasteiger charge is 2.43. The Morgan fingerprint density at radius 1 is 0.897 bits per heavy atom. The summed E-state index contributed by atoms with van der Waals surface area (Å²) in [7, 11) is 3.11. The van der Waals surface area contributed by atoms with Gasteiger partial charge in [0.1, 0.15) is 11.4 Å². The smallest absolute Gasteiger partial charge is 0.255 e. The SMILES string of the molecule is COc1ccc(C(=O)N2C(C(=O)NC3CCN(Cc4ccccc4)CC3)CSC2c2ccccc2)cc1OC. The summed E-state index contributed by atoms with van der Waals surface area (Å²) in [5.74, 6) is 1.29. The van der Waals surface area contributed by atoms with Crippen LogP contribution in [0.3, 0.4) is 0 Å². The molecule has 2 fully saturated rings. The van der Waals surface area contributed by atoms with Crippen LogP contribution in [-0.4, -0.2) is 66.8 Å². The lowest BCUT2D eigenvalue weighted by atomic mass is 10.0. The summed E-state index contributed by atoms with van der Waals surface area (Å²) in [6.07, 6.45) is 1.79. The molecule has 8 heteroatoms. The second-order valence-electron chi connectivity index (χ2n) is 9.94. The Morgan fingerprint density at radius 2 is 1.56 bits per heavy atom. The molecule has 2 aliphatic rings. The fourth-order valence-electron chi connectivity index (χ4n) is 5.32. The summed E-state index contributed by atoms with van der Waals surface area (Å²) in [6.45, 7) is 2.79. The number of methoxy groups -OCH3 is 2. The maximum Gasteiger partial charge on any atom is 0.255 e.